The van der Waals surface area contributed by atoms with Crippen molar-refractivity contribution in [2.24, 2.45) is 0 Å². The van der Waals surface area contributed by atoms with Crippen LogP contribution < -0.4 is 14.8 Å². The summed E-state index contributed by atoms with van der Waals surface area (Å²) in [4.78, 5) is 29.3. The zero-order valence-corrected chi connectivity index (χ0v) is 20.1. The normalized spacial score (nSPS) is 14.1. The number of carbonyl (C=O) groups excluding carboxylic acids is 2. The second-order valence-corrected chi connectivity index (χ2v) is 8.36. The number of nitrogens with zero attached hydrogens (tertiary/aromatic N) is 2. The highest BCUT2D eigenvalue weighted by Gasteiger charge is 2.24. The molecule has 1 N–H and O–H groups in total. The maximum absolute atomic E-state index is 13.1. The number of rotatable bonds is 10. The van der Waals surface area contributed by atoms with E-state index in [1.54, 1.807) is 24.3 Å². The van der Waals surface area contributed by atoms with Gasteiger partial charge in [-0.15, -0.1) is 0 Å². The molecule has 1 saturated heterocycles. The van der Waals surface area contributed by atoms with Crippen molar-refractivity contribution in [1.82, 2.24) is 9.80 Å². The van der Waals surface area contributed by atoms with Crippen LogP contribution in [0.25, 0.3) is 0 Å². The number of ether oxygens (including phenoxy) is 2. The number of amides is 2. The number of hydrogen-bond donors (Lipinski definition) is 1. The summed E-state index contributed by atoms with van der Waals surface area (Å²) in [7, 11) is 0. The summed E-state index contributed by atoms with van der Waals surface area (Å²) in [6, 6.07) is 12.5. The third-order valence-corrected chi connectivity index (χ3v) is 5.62. The lowest BCUT2D eigenvalue weighted by molar-refractivity contribution is -0.117. The zero-order valence-electron chi connectivity index (χ0n) is 19.3. The third kappa shape index (κ3) is 7.11. The third-order valence-electron chi connectivity index (χ3n) is 5.29. The van der Waals surface area contributed by atoms with E-state index in [1.165, 1.54) is 0 Å². The number of hydrogen-bond acceptors (Lipinski definition) is 5. The molecule has 2 aromatic rings. The number of benzene rings is 2. The van der Waals surface area contributed by atoms with E-state index < -0.39 is 0 Å². The molecule has 33 heavy (non-hydrogen) atoms. The minimum absolute atomic E-state index is 0.0430. The van der Waals surface area contributed by atoms with E-state index >= 15 is 0 Å². The Labute approximate surface area is 200 Å². The van der Waals surface area contributed by atoms with Crippen molar-refractivity contribution in [3.05, 3.63) is 53.1 Å². The quantitative estimate of drug-likeness (QED) is 0.556. The van der Waals surface area contributed by atoms with Crippen LogP contribution in [0.4, 0.5) is 5.69 Å². The summed E-state index contributed by atoms with van der Waals surface area (Å²) in [6.07, 6.45) is 1.77. The lowest BCUT2D eigenvalue weighted by atomic mass is 10.1. The van der Waals surface area contributed by atoms with Crippen molar-refractivity contribution in [1.29, 1.82) is 0 Å². The molecule has 0 saturated carbocycles. The van der Waals surface area contributed by atoms with Crippen molar-refractivity contribution in [3.8, 4) is 11.5 Å². The van der Waals surface area contributed by atoms with Gasteiger partial charge in [-0.05, 0) is 43.2 Å². The van der Waals surface area contributed by atoms with Crippen LogP contribution in [0, 0.1) is 0 Å². The fourth-order valence-electron chi connectivity index (χ4n) is 3.54. The maximum atomic E-state index is 13.1. The summed E-state index contributed by atoms with van der Waals surface area (Å²) >= 11 is 6.11. The predicted octanol–water partition coefficient (Wildman–Crippen LogP) is 4.31. The molecule has 7 nitrogen and oxygen atoms in total. The molecular weight excluding hydrogens is 442 g/mol. The first-order chi connectivity index (χ1) is 16.0. The number of halogens is 1. The lowest BCUT2D eigenvalue weighted by Crippen LogP contribution is -2.50. The van der Waals surface area contributed by atoms with Gasteiger partial charge >= 0.3 is 0 Å². The minimum atomic E-state index is -0.122. The number of anilines is 1. The van der Waals surface area contributed by atoms with E-state index in [0.29, 0.717) is 67.2 Å². The second-order valence-electron chi connectivity index (χ2n) is 7.95. The SMILES string of the molecule is CCCOc1ccc(C(=O)N2CCN(CC(=O)Nc3ccccc3Cl)CC2)cc1OCCC. The van der Waals surface area contributed by atoms with E-state index in [0.717, 1.165) is 12.8 Å². The monoisotopic (exact) mass is 473 g/mol. The zero-order chi connectivity index (χ0) is 23.6. The van der Waals surface area contributed by atoms with Gasteiger partial charge in [0.1, 0.15) is 0 Å². The highest BCUT2D eigenvalue weighted by Crippen LogP contribution is 2.29. The Hall–Kier alpha value is -2.77. The Kier molecular flexibility index (Phi) is 9.39. The number of para-hydroxylation sites is 1. The summed E-state index contributed by atoms with van der Waals surface area (Å²) in [5.74, 6) is 1.10. The summed E-state index contributed by atoms with van der Waals surface area (Å²) in [5, 5.41) is 3.35. The Morgan fingerprint density at radius 3 is 2.27 bits per heavy atom. The van der Waals surface area contributed by atoms with Crippen molar-refractivity contribution in [3.63, 3.8) is 0 Å². The van der Waals surface area contributed by atoms with E-state index in [-0.39, 0.29) is 18.4 Å². The van der Waals surface area contributed by atoms with Crippen molar-refractivity contribution < 1.29 is 19.1 Å². The number of carbonyl (C=O) groups is 2. The van der Waals surface area contributed by atoms with Crippen LogP contribution in [-0.4, -0.2) is 67.6 Å². The van der Waals surface area contributed by atoms with Crippen molar-refractivity contribution in [2.45, 2.75) is 26.7 Å². The molecule has 0 unspecified atom stereocenters. The van der Waals surface area contributed by atoms with Gasteiger partial charge in [0, 0.05) is 31.7 Å². The lowest BCUT2D eigenvalue weighted by Gasteiger charge is -2.34. The van der Waals surface area contributed by atoms with Crippen molar-refractivity contribution in [2.75, 3.05) is 51.3 Å². The minimum Gasteiger partial charge on any atom is -0.490 e. The molecule has 1 aliphatic heterocycles. The highest BCUT2D eigenvalue weighted by molar-refractivity contribution is 6.33. The van der Waals surface area contributed by atoms with Gasteiger partial charge in [0.15, 0.2) is 11.5 Å². The van der Waals surface area contributed by atoms with Crippen LogP contribution >= 0.6 is 11.6 Å². The summed E-state index contributed by atoms with van der Waals surface area (Å²) in [6.45, 7) is 7.86. The van der Waals surface area contributed by atoms with Gasteiger partial charge in [0.2, 0.25) is 5.91 Å². The molecule has 0 aliphatic carbocycles. The van der Waals surface area contributed by atoms with Crippen LogP contribution in [-0.2, 0) is 4.79 Å². The molecule has 2 amide bonds. The molecule has 0 aromatic heterocycles. The van der Waals surface area contributed by atoms with E-state index in [4.69, 9.17) is 21.1 Å². The van der Waals surface area contributed by atoms with E-state index in [1.807, 2.05) is 41.8 Å². The molecule has 0 bridgehead atoms. The Morgan fingerprint density at radius 2 is 1.61 bits per heavy atom. The average Bonchev–Trinajstić information content (AvgIpc) is 2.83. The number of piperazine rings is 1. The first-order valence-electron chi connectivity index (χ1n) is 11.5. The summed E-state index contributed by atoms with van der Waals surface area (Å²) < 4.78 is 11.6. The first kappa shape index (κ1) is 24.9. The molecule has 8 heteroatoms. The smallest absolute Gasteiger partial charge is 0.254 e. The molecule has 1 fully saturated rings. The highest BCUT2D eigenvalue weighted by atomic mass is 35.5. The van der Waals surface area contributed by atoms with Gasteiger partial charge in [0.25, 0.3) is 5.91 Å². The molecule has 0 radical (unpaired) electrons. The Bertz CT molecular complexity index is 945. The molecule has 1 aliphatic rings. The van der Waals surface area contributed by atoms with E-state index in [9.17, 15) is 9.59 Å². The van der Waals surface area contributed by atoms with Crippen LogP contribution in [0.5, 0.6) is 11.5 Å². The fraction of sp³-hybridized carbons (Fsp3) is 0.440. The largest absolute Gasteiger partial charge is 0.490 e. The van der Waals surface area contributed by atoms with Gasteiger partial charge in [-0.3, -0.25) is 14.5 Å². The maximum Gasteiger partial charge on any atom is 0.254 e. The van der Waals surface area contributed by atoms with Crippen LogP contribution in [0.15, 0.2) is 42.5 Å². The van der Waals surface area contributed by atoms with Gasteiger partial charge in [-0.1, -0.05) is 37.6 Å². The molecule has 0 atom stereocenters. The second kappa shape index (κ2) is 12.5. The first-order valence-corrected chi connectivity index (χ1v) is 11.8. The van der Waals surface area contributed by atoms with Gasteiger partial charge < -0.3 is 19.7 Å². The molecule has 2 aromatic carbocycles. The molecule has 3 rings (SSSR count). The van der Waals surface area contributed by atoms with Crippen LogP contribution in [0.2, 0.25) is 5.02 Å². The Balaban J connectivity index is 1.55. The molecule has 178 valence electrons. The van der Waals surface area contributed by atoms with Gasteiger partial charge in [-0.25, -0.2) is 0 Å². The molecular formula is C25H32ClN3O4. The van der Waals surface area contributed by atoms with Gasteiger partial charge in [-0.2, -0.15) is 0 Å². The topological polar surface area (TPSA) is 71.1 Å². The summed E-state index contributed by atoms with van der Waals surface area (Å²) in [5.41, 5.74) is 1.18. The number of nitrogens with one attached hydrogen (secondary N) is 1. The fourth-order valence-corrected chi connectivity index (χ4v) is 3.73. The Morgan fingerprint density at radius 1 is 0.939 bits per heavy atom. The standard InChI is InChI=1S/C25H32ClN3O4/c1-3-15-32-22-10-9-19(17-23(22)33-16-4-2)25(31)29-13-11-28(12-14-29)18-24(30)27-21-8-6-5-7-20(21)26/h5-10,17H,3-4,11-16,18H2,1-2H3,(H,27,30). The average molecular weight is 474 g/mol. The van der Waals surface area contributed by atoms with Gasteiger partial charge in [0.05, 0.1) is 30.5 Å². The predicted molar refractivity (Wildman–Crippen MR) is 130 cm³/mol. The van der Waals surface area contributed by atoms with Crippen LogP contribution in [0.1, 0.15) is 37.0 Å². The van der Waals surface area contributed by atoms with Crippen LogP contribution in [0.3, 0.4) is 0 Å². The van der Waals surface area contributed by atoms with E-state index in [2.05, 4.69) is 5.32 Å². The molecule has 0 spiro atoms. The van der Waals surface area contributed by atoms with Crippen molar-refractivity contribution >= 4 is 29.1 Å². The molecule has 1 heterocycles.